The van der Waals surface area contributed by atoms with Gasteiger partial charge in [-0.25, -0.2) is 4.79 Å². The van der Waals surface area contributed by atoms with Crippen LogP contribution in [0.3, 0.4) is 0 Å². The first-order valence-electron chi connectivity index (χ1n) is 7.77. The van der Waals surface area contributed by atoms with Gasteiger partial charge >= 0.3 is 5.97 Å². The van der Waals surface area contributed by atoms with Crippen LogP contribution in [-0.2, 0) is 24.7 Å². The zero-order valence-corrected chi connectivity index (χ0v) is 13.8. The number of ether oxygens (including phenoxy) is 2. The van der Waals surface area contributed by atoms with Gasteiger partial charge in [0.2, 0.25) is 0 Å². The Morgan fingerprint density at radius 2 is 1.96 bits per heavy atom. The van der Waals surface area contributed by atoms with Gasteiger partial charge in [-0.2, -0.15) is 0 Å². The van der Waals surface area contributed by atoms with E-state index in [-0.39, 0.29) is 24.6 Å². The standard InChI is InChI=1S/C18H22O5/c1-12(2)8-9-18(23-11-17(21)22-3)14-7-5-4-6-13(14)15(19)10-16(18)20/h4-7,12H,8-11H2,1-3H3. The fraction of sp³-hybridized carbons (Fsp3) is 0.500. The van der Waals surface area contributed by atoms with E-state index in [1.54, 1.807) is 24.3 Å². The molecule has 0 spiro atoms. The van der Waals surface area contributed by atoms with Gasteiger partial charge in [-0.05, 0) is 18.8 Å². The minimum Gasteiger partial charge on any atom is -0.467 e. The molecule has 0 aliphatic heterocycles. The molecule has 1 aromatic carbocycles. The highest BCUT2D eigenvalue weighted by Crippen LogP contribution is 2.40. The molecule has 23 heavy (non-hydrogen) atoms. The predicted octanol–water partition coefficient (Wildman–Crippen LogP) is 2.66. The second-order valence-electron chi connectivity index (χ2n) is 6.19. The quantitative estimate of drug-likeness (QED) is 0.596. The van der Waals surface area contributed by atoms with Crippen molar-refractivity contribution in [3.05, 3.63) is 35.4 Å². The molecule has 1 aliphatic carbocycles. The number of rotatable bonds is 6. The third kappa shape index (κ3) is 3.50. The molecule has 0 saturated heterocycles. The second kappa shape index (κ2) is 7.04. The number of methoxy groups -OCH3 is 1. The highest BCUT2D eigenvalue weighted by atomic mass is 16.6. The van der Waals surface area contributed by atoms with Gasteiger partial charge in [-0.1, -0.05) is 38.1 Å². The lowest BCUT2D eigenvalue weighted by atomic mass is 9.74. The number of carbonyl (C=O) groups is 3. The topological polar surface area (TPSA) is 69.7 Å². The lowest BCUT2D eigenvalue weighted by molar-refractivity contribution is -0.162. The van der Waals surface area contributed by atoms with Crippen LogP contribution in [0.25, 0.3) is 0 Å². The number of hydrogen-bond acceptors (Lipinski definition) is 5. The van der Waals surface area contributed by atoms with Crippen molar-refractivity contribution < 1.29 is 23.9 Å². The van der Waals surface area contributed by atoms with Gasteiger partial charge < -0.3 is 9.47 Å². The summed E-state index contributed by atoms with van der Waals surface area (Å²) < 4.78 is 10.4. The molecule has 2 rings (SSSR count). The maximum Gasteiger partial charge on any atom is 0.331 e. The van der Waals surface area contributed by atoms with E-state index in [1.807, 2.05) is 0 Å². The van der Waals surface area contributed by atoms with Crippen LogP contribution >= 0.6 is 0 Å². The van der Waals surface area contributed by atoms with Crippen LogP contribution in [0, 0.1) is 5.92 Å². The van der Waals surface area contributed by atoms with Crippen LogP contribution in [0.4, 0.5) is 0 Å². The number of carbonyl (C=O) groups excluding carboxylic acids is 3. The molecular weight excluding hydrogens is 296 g/mol. The van der Waals surface area contributed by atoms with Crippen molar-refractivity contribution in [1.82, 2.24) is 0 Å². The van der Waals surface area contributed by atoms with Crippen molar-refractivity contribution in [2.24, 2.45) is 5.92 Å². The summed E-state index contributed by atoms with van der Waals surface area (Å²) in [5.41, 5.74) is -0.185. The smallest absolute Gasteiger partial charge is 0.331 e. The molecule has 0 bridgehead atoms. The molecule has 0 fully saturated rings. The van der Waals surface area contributed by atoms with Gasteiger partial charge in [-0.15, -0.1) is 0 Å². The number of fused-ring (bicyclic) bond motifs is 1. The molecule has 0 N–H and O–H groups in total. The Balaban J connectivity index is 2.45. The first-order valence-corrected chi connectivity index (χ1v) is 7.77. The van der Waals surface area contributed by atoms with Crippen molar-refractivity contribution >= 4 is 17.5 Å². The van der Waals surface area contributed by atoms with Crippen LogP contribution in [0.15, 0.2) is 24.3 Å². The Morgan fingerprint density at radius 1 is 1.26 bits per heavy atom. The Hall–Kier alpha value is -2.01. The summed E-state index contributed by atoms with van der Waals surface area (Å²) in [6.07, 6.45) is 0.983. The molecule has 0 amide bonds. The minimum absolute atomic E-state index is 0.198. The van der Waals surface area contributed by atoms with Gasteiger partial charge in [0.05, 0.1) is 13.5 Å². The van der Waals surface area contributed by atoms with Gasteiger partial charge in [0.15, 0.2) is 17.2 Å². The molecule has 1 atom stereocenters. The van der Waals surface area contributed by atoms with E-state index in [9.17, 15) is 14.4 Å². The van der Waals surface area contributed by atoms with E-state index in [0.29, 0.717) is 23.5 Å². The number of esters is 1. The Labute approximate surface area is 136 Å². The van der Waals surface area contributed by atoms with E-state index in [2.05, 4.69) is 18.6 Å². The molecule has 5 heteroatoms. The van der Waals surface area contributed by atoms with Crippen molar-refractivity contribution in [2.75, 3.05) is 13.7 Å². The van der Waals surface area contributed by atoms with E-state index in [0.717, 1.165) is 6.42 Å². The number of ketones is 2. The monoisotopic (exact) mass is 318 g/mol. The van der Waals surface area contributed by atoms with Crippen LogP contribution in [0.5, 0.6) is 0 Å². The van der Waals surface area contributed by atoms with Crippen LogP contribution in [0.2, 0.25) is 0 Å². The molecule has 1 unspecified atom stereocenters. The third-order valence-corrected chi connectivity index (χ3v) is 4.17. The molecule has 0 saturated carbocycles. The molecule has 5 nitrogen and oxygen atoms in total. The lowest BCUT2D eigenvalue weighted by Gasteiger charge is -2.37. The first kappa shape index (κ1) is 17.3. The van der Waals surface area contributed by atoms with E-state index < -0.39 is 11.6 Å². The SMILES string of the molecule is COC(=O)COC1(CCC(C)C)C(=O)CC(=O)c2ccccc21. The van der Waals surface area contributed by atoms with E-state index >= 15 is 0 Å². The van der Waals surface area contributed by atoms with Gasteiger partial charge in [-0.3, -0.25) is 9.59 Å². The van der Waals surface area contributed by atoms with Crippen molar-refractivity contribution in [1.29, 1.82) is 0 Å². The number of benzene rings is 1. The minimum atomic E-state index is -1.25. The van der Waals surface area contributed by atoms with Crippen LogP contribution in [0.1, 0.15) is 49.0 Å². The fourth-order valence-electron chi connectivity index (χ4n) is 2.85. The van der Waals surface area contributed by atoms with Gasteiger partial charge in [0.25, 0.3) is 0 Å². The molecular formula is C18H22O5. The van der Waals surface area contributed by atoms with E-state index in [1.165, 1.54) is 7.11 Å². The Bertz CT molecular complexity index is 620. The summed E-state index contributed by atoms with van der Waals surface area (Å²) in [6, 6.07) is 6.98. The van der Waals surface area contributed by atoms with Gasteiger partial charge in [0.1, 0.15) is 6.61 Å². The average molecular weight is 318 g/mol. The van der Waals surface area contributed by atoms with Crippen molar-refractivity contribution in [3.63, 3.8) is 0 Å². The first-order chi connectivity index (χ1) is 10.9. The summed E-state index contributed by atoms with van der Waals surface area (Å²) in [7, 11) is 1.27. The van der Waals surface area contributed by atoms with Crippen LogP contribution in [-0.4, -0.2) is 31.3 Å². The summed E-state index contributed by atoms with van der Waals surface area (Å²) in [4.78, 5) is 36.3. The molecule has 0 heterocycles. The predicted molar refractivity (Wildman–Crippen MR) is 84.1 cm³/mol. The molecule has 0 aromatic heterocycles. The summed E-state index contributed by atoms with van der Waals surface area (Å²) in [6.45, 7) is 3.79. The van der Waals surface area contributed by atoms with Gasteiger partial charge in [0, 0.05) is 11.1 Å². The Morgan fingerprint density at radius 3 is 2.61 bits per heavy atom. The number of hydrogen-bond donors (Lipinski definition) is 0. The normalized spacial score (nSPS) is 20.5. The summed E-state index contributed by atoms with van der Waals surface area (Å²) in [5.74, 6) is -0.666. The highest BCUT2D eigenvalue weighted by Gasteiger charge is 2.47. The maximum absolute atomic E-state index is 12.7. The maximum atomic E-state index is 12.7. The molecule has 1 aliphatic rings. The largest absolute Gasteiger partial charge is 0.467 e. The third-order valence-electron chi connectivity index (χ3n) is 4.17. The molecule has 1 aromatic rings. The summed E-state index contributed by atoms with van der Waals surface area (Å²) >= 11 is 0. The Kier molecular flexibility index (Phi) is 5.31. The summed E-state index contributed by atoms with van der Waals surface area (Å²) in [5, 5.41) is 0. The lowest BCUT2D eigenvalue weighted by Crippen LogP contribution is -2.45. The number of Topliss-reactive ketones (excluding diaryl/α,β-unsaturated/α-hetero) is 2. The second-order valence-corrected chi connectivity index (χ2v) is 6.19. The fourth-order valence-corrected chi connectivity index (χ4v) is 2.85. The molecule has 0 radical (unpaired) electrons. The zero-order valence-electron chi connectivity index (χ0n) is 13.8. The zero-order chi connectivity index (χ0) is 17.0. The van der Waals surface area contributed by atoms with Crippen molar-refractivity contribution in [2.45, 2.75) is 38.7 Å². The van der Waals surface area contributed by atoms with Crippen molar-refractivity contribution in [3.8, 4) is 0 Å². The average Bonchev–Trinajstić information content (AvgIpc) is 2.54. The molecule has 124 valence electrons. The van der Waals surface area contributed by atoms with E-state index in [4.69, 9.17) is 4.74 Å². The van der Waals surface area contributed by atoms with Crippen LogP contribution < -0.4 is 0 Å². The highest BCUT2D eigenvalue weighted by molar-refractivity contribution is 6.15.